The van der Waals surface area contributed by atoms with Crippen molar-refractivity contribution in [2.75, 3.05) is 11.4 Å². The molecule has 1 aromatic carbocycles. The Bertz CT molecular complexity index is 1020. The number of carbonyl (C=O) groups is 1. The van der Waals surface area contributed by atoms with Gasteiger partial charge < -0.3 is 13.9 Å². The number of furan rings is 1. The van der Waals surface area contributed by atoms with Gasteiger partial charge in [0.25, 0.3) is 11.5 Å². The van der Waals surface area contributed by atoms with Crippen molar-refractivity contribution in [3.05, 3.63) is 57.8 Å². The van der Waals surface area contributed by atoms with E-state index in [9.17, 15) is 9.59 Å². The first-order valence-electron chi connectivity index (χ1n) is 7.92. The molecule has 6 heteroatoms. The van der Waals surface area contributed by atoms with Gasteiger partial charge in [-0.05, 0) is 31.4 Å². The molecule has 0 fully saturated rings. The third-order valence-electron chi connectivity index (χ3n) is 4.52. The minimum atomic E-state index is -0.273. The van der Waals surface area contributed by atoms with E-state index in [1.54, 1.807) is 18.9 Å². The fourth-order valence-electron chi connectivity index (χ4n) is 3.32. The van der Waals surface area contributed by atoms with Crippen molar-refractivity contribution in [3.63, 3.8) is 0 Å². The highest BCUT2D eigenvalue weighted by molar-refractivity contribution is 6.14. The topological polar surface area (TPSA) is 68.3 Å². The molecule has 0 saturated heterocycles. The van der Waals surface area contributed by atoms with Gasteiger partial charge in [0.15, 0.2) is 0 Å². The highest BCUT2D eigenvalue weighted by Gasteiger charge is 2.29. The molecule has 0 radical (unpaired) electrons. The summed E-state index contributed by atoms with van der Waals surface area (Å²) in [6, 6.07) is 7.88. The van der Waals surface area contributed by atoms with Crippen molar-refractivity contribution < 1.29 is 9.21 Å². The van der Waals surface area contributed by atoms with Crippen LogP contribution in [0.15, 0.2) is 39.8 Å². The molecule has 0 saturated carbocycles. The molecule has 3 heterocycles. The lowest BCUT2D eigenvalue weighted by molar-refractivity contribution is 0.0985. The number of aromatic nitrogens is 2. The molecular formula is C18H17N3O3. The number of amides is 1. The van der Waals surface area contributed by atoms with Crippen molar-refractivity contribution in [1.29, 1.82) is 0 Å². The molecule has 2 aromatic heterocycles. The molecule has 1 amide bonds. The van der Waals surface area contributed by atoms with E-state index < -0.39 is 0 Å². The molecule has 122 valence electrons. The Morgan fingerprint density at radius 1 is 1.29 bits per heavy atom. The number of carbonyl (C=O) groups excluding carboxylic acids is 1. The van der Waals surface area contributed by atoms with Gasteiger partial charge >= 0.3 is 0 Å². The number of hydrogen-bond donors (Lipinski definition) is 0. The lowest BCUT2D eigenvalue weighted by Gasteiger charge is -2.29. The van der Waals surface area contributed by atoms with Crippen LogP contribution in [0.25, 0.3) is 11.1 Å². The molecule has 6 nitrogen and oxygen atoms in total. The van der Waals surface area contributed by atoms with Gasteiger partial charge in [0, 0.05) is 19.3 Å². The third kappa shape index (κ3) is 2.06. The zero-order chi connectivity index (χ0) is 16.8. The second kappa shape index (κ2) is 5.33. The quantitative estimate of drug-likeness (QED) is 0.690. The number of rotatable bonds is 1. The Hall–Kier alpha value is -2.89. The fourth-order valence-corrected chi connectivity index (χ4v) is 3.32. The maximum atomic E-state index is 13.2. The maximum Gasteiger partial charge on any atom is 0.265 e. The first-order valence-corrected chi connectivity index (χ1v) is 7.92. The van der Waals surface area contributed by atoms with E-state index in [0.29, 0.717) is 17.9 Å². The van der Waals surface area contributed by atoms with Crippen molar-refractivity contribution in [3.8, 4) is 0 Å². The maximum absolute atomic E-state index is 13.2. The normalized spacial score (nSPS) is 14.0. The Labute approximate surface area is 138 Å². The van der Waals surface area contributed by atoms with Gasteiger partial charge in [-0.2, -0.15) is 0 Å². The third-order valence-corrected chi connectivity index (χ3v) is 4.52. The highest BCUT2D eigenvalue weighted by Crippen LogP contribution is 2.30. The van der Waals surface area contributed by atoms with Crippen LogP contribution in [0.5, 0.6) is 0 Å². The highest BCUT2D eigenvalue weighted by atomic mass is 16.3. The Morgan fingerprint density at radius 2 is 2.08 bits per heavy atom. The fraction of sp³-hybridized carbons (Fsp3) is 0.278. The monoisotopic (exact) mass is 323 g/mol. The van der Waals surface area contributed by atoms with E-state index in [1.165, 1.54) is 10.9 Å². The minimum Gasteiger partial charge on any atom is -0.442 e. The molecule has 0 spiro atoms. The lowest BCUT2D eigenvalue weighted by atomic mass is 10.0. The second-order valence-electron chi connectivity index (χ2n) is 6.06. The van der Waals surface area contributed by atoms with Crippen LogP contribution in [0.4, 0.5) is 5.69 Å². The van der Waals surface area contributed by atoms with Gasteiger partial charge in [-0.1, -0.05) is 18.2 Å². The number of benzene rings is 1. The van der Waals surface area contributed by atoms with Gasteiger partial charge in [0.2, 0.25) is 5.71 Å². The summed E-state index contributed by atoms with van der Waals surface area (Å²) >= 11 is 0. The molecular weight excluding hydrogens is 306 g/mol. The van der Waals surface area contributed by atoms with E-state index in [0.717, 1.165) is 24.1 Å². The summed E-state index contributed by atoms with van der Waals surface area (Å²) in [7, 11) is 1.61. The van der Waals surface area contributed by atoms with Gasteiger partial charge in [0.1, 0.15) is 17.5 Å². The summed E-state index contributed by atoms with van der Waals surface area (Å²) < 4.78 is 6.92. The molecule has 0 bridgehead atoms. The van der Waals surface area contributed by atoms with Crippen molar-refractivity contribution in [1.82, 2.24) is 9.55 Å². The van der Waals surface area contributed by atoms with Crippen LogP contribution in [-0.4, -0.2) is 22.0 Å². The van der Waals surface area contributed by atoms with Crippen LogP contribution < -0.4 is 10.5 Å². The molecule has 1 aliphatic rings. The van der Waals surface area contributed by atoms with E-state index >= 15 is 0 Å². The van der Waals surface area contributed by atoms with E-state index in [2.05, 4.69) is 4.98 Å². The molecule has 0 aliphatic carbocycles. The molecule has 0 atom stereocenters. The SMILES string of the molecule is Cc1oc2ncn(C)c(=O)c2c1C(=O)N1CCCc2ccccc21. The minimum absolute atomic E-state index is 0.205. The smallest absolute Gasteiger partial charge is 0.265 e. The predicted molar refractivity (Wildman–Crippen MR) is 90.4 cm³/mol. The van der Waals surface area contributed by atoms with E-state index in [1.807, 2.05) is 24.3 Å². The van der Waals surface area contributed by atoms with E-state index in [-0.39, 0.29) is 22.6 Å². The van der Waals surface area contributed by atoms with Crippen molar-refractivity contribution in [2.24, 2.45) is 7.05 Å². The van der Waals surface area contributed by atoms with Gasteiger partial charge in [-0.25, -0.2) is 4.98 Å². The Balaban J connectivity index is 1.90. The first-order chi connectivity index (χ1) is 11.6. The van der Waals surface area contributed by atoms with Crippen molar-refractivity contribution in [2.45, 2.75) is 19.8 Å². The molecule has 0 unspecified atom stereocenters. The Kier molecular flexibility index (Phi) is 3.26. The van der Waals surface area contributed by atoms with Crippen molar-refractivity contribution >= 4 is 22.7 Å². The first kappa shape index (κ1) is 14.7. The van der Waals surface area contributed by atoms with Crippen LogP contribution in [0.3, 0.4) is 0 Å². The summed E-state index contributed by atoms with van der Waals surface area (Å²) in [5, 5.41) is 0.255. The van der Waals surface area contributed by atoms with E-state index in [4.69, 9.17) is 4.42 Å². The summed E-state index contributed by atoms with van der Waals surface area (Å²) in [6.45, 7) is 2.33. The number of hydrogen-bond acceptors (Lipinski definition) is 4. The summed E-state index contributed by atoms with van der Waals surface area (Å²) in [5.74, 6) is 0.220. The molecule has 1 aliphatic heterocycles. The standard InChI is InChI=1S/C18H17N3O3/c1-11-14(15-16(24-11)19-10-20(2)17(15)22)18(23)21-9-5-7-12-6-3-4-8-13(12)21/h3-4,6,8,10H,5,7,9H2,1-2H3. The van der Waals surface area contributed by atoms with Crippen LogP contribution in [0, 0.1) is 6.92 Å². The van der Waals surface area contributed by atoms with Crippen LogP contribution in [-0.2, 0) is 13.5 Å². The number of aryl methyl sites for hydroxylation is 3. The van der Waals surface area contributed by atoms with Gasteiger partial charge in [0.05, 0.1) is 5.56 Å². The van der Waals surface area contributed by atoms with Gasteiger partial charge in [-0.15, -0.1) is 0 Å². The molecule has 3 aromatic rings. The van der Waals surface area contributed by atoms with Crippen LogP contribution in [0.2, 0.25) is 0 Å². The molecule has 0 N–H and O–H groups in total. The zero-order valence-electron chi connectivity index (χ0n) is 13.6. The van der Waals surface area contributed by atoms with Gasteiger partial charge in [-0.3, -0.25) is 9.59 Å². The average molecular weight is 323 g/mol. The zero-order valence-corrected chi connectivity index (χ0v) is 13.6. The summed E-state index contributed by atoms with van der Waals surface area (Å²) in [4.78, 5) is 31.6. The Morgan fingerprint density at radius 3 is 2.92 bits per heavy atom. The lowest BCUT2D eigenvalue weighted by Crippen LogP contribution is -2.36. The number of fused-ring (bicyclic) bond motifs is 2. The largest absolute Gasteiger partial charge is 0.442 e. The summed E-state index contributed by atoms with van der Waals surface area (Å²) in [5.41, 5.74) is 2.31. The average Bonchev–Trinajstić information content (AvgIpc) is 2.94. The van der Waals surface area contributed by atoms with Crippen LogP contribution >= 0.6 is 0 Å². The molecule has 4 rings (SSSR count). The van der Waals surface area contributed by atoms with Crippen LogP contribution in [0.1, 0.15) is 28.1 Å². The number of nitrogens with zero attached hydrogens (tertiary/aromatic N) is 3. The summed E-state index contributed by atoms with van der Waals surface area (Å²) in [6.07, 6.45) is 3.25. The number of anilines is 1. The number of para-hydroxylation sites is 1. The predicted octanol–water partition coefficient (Wildman–Crippen LogP) is 2.43. The second-order valence-corrected chi connectivity index (χ2v) is 6.06. The molecule has 24 heavy (non-hydrogen) atoms.